The molecule has 0 spiro atoms. The van der Waals surface area contributed by atoms with Crippen LogP contribution in [0.1, 0.15) is 83.8 Å². The van der Waals surface area contributed by atoms with Gasteiger partial charge in [-0.2, -0.15) is 4.91 Å². The molecule has 4 aliphatic rings. The van der Waals surface area contributed by atoms with E-state index in [0.717, 1.165) is 50.3 Å². The van der Waals surface area contributed by atoms with Crippen LogP contribution >= 0.6 is 11.8 Å². The number of halogens is 2. The molecule has 0 aromatic carbocycles. The van der Waals surface area contributed by atoms with E-state index in [4.69, 9.17) is 0 Å². The Morgan fingerprint density at radius 1 is 1.12 bits per heavy atom. The zero-order valence-corrected chi connectivity index (χ0v) is 24.5. The molecule has 2 amide bonds. The fourth-order valence-electron chi connectivity index (χ4n) is 6.13. The third-order valence-electron chi connectivity index (χ3n) is 8.67. The second-order valence-corrected chi connectivity index (χ2v) is 13.7. The summed E-state index contributed by atoms with van der Waals surface area (Å²) in [6.45, 7) is 7.30. The van der Waals surface area contributed by atoms with Gasteiger partial charge >= 0.3 is 0 Å². The molecule has 0 radical (unpaired) electrons. The molecule has 2 bridgehead atoms. The summed E-state index contributed by atoms with van der Waals surface area (Å²) in [6, 6.07) is 1.62. The van der Waals surface area contributed by atoms with Gasteiger partial charge in [-0.25, -0.2) is 13.8 Å². The largest absolute Gasteiger partial charge is 0.365 e. The summed E-state index contributed by atoms with van der Waals surface area (Å²) in [5.41, 5.74) is -1.13. The quantitative estimate of drug-likeness (QED) is 0.373. The molecule has 3 fully saturated rings. The van der Waals surface area contributed by atoms with Crippen molar-refractivity contribution >= 4 is 34.3 Å². The van der Waals surface area contributed by atoms with Gasteiger partial charge in [0.05, 0.1) is 0 Å². The van der Waals surface area contributed by atoms with Gasteiger partial charge in [-0.15, -0.1) is 0 Å². The van der Waals surface area contributed by atoms with E-state index < -0.39 is 23.2 Å². The molecule has 12 heteroatoms. The maximum atomic E-state index is 14.6. The van der Waals surface area contributed by atoms with E-state index in [2.05, 4.69) is 20.8 Å². The fraction of sp³-hybridized carbons (Fsp3) is 0.679. The topological polar surface area (TPSA) is 107 Å². The van der Waals surface area contributed by atoms with Crippen molar-refractivity contribution in [3.8, 4) is 0 Å². The summed E-state index contributed by atoms with van der Waals surface area (Å²) in [5, 5.41) is 8.22. The highest BCUT2D eigenvalue weighted by Crippen LogP contribution is 2.49. The molecular formula is C28H38F2N6O3S. The van der Waals surface area contributed by atoms with Crippen LogP contribution in [0.5, 0.6) is 0 Å². The molecule has 1 aromatic rings. The number of fused-ring (bicyclic) bond motifs is 2. The van der Waals surface area contributed by atoms with Crippen molar-refractivity contribution in [1.29, 1.82) is 0 Å². The normalized spacial score (nSPS) is 24.8. The standard InChI is InChI=1S/C28H38F2N6O3S/c1-27(2,34-39)14-32-24(37)26-35(5)21(25(38)36-16-8-9-17(36)11-10-16)22(40-26)19-13-31-20(12-18(19)23(29)30)33-28(3,4)15-6-7-15/h12-13,15-17,23,26H,6-11,14H2,1-5H3,(H,31,33)(H,32,37). The van der Waals surface area contributed by atoms with Crippen LogP contribution in [0.2, 0.25) is 0 Å². The minimum atomic E-state index is -2.81. The van der Waals surface area contributed by atoms with Crippen molar-refractivity contribution in [2.75, 3.05) is 18.9 Å². The van der Waals surface area contributed by atoms with Crippen molar-refractivity contribution in [3.63, 3.8) is 0 Å². The summed E-state index contributed by atoms with van der Waals surface area (Å²) in [4.78, 5) is 46.7. The van der Waals surface area contributed by atoms with Gasteiger partial charge in [0.25, 0.3) is 18.2 Å². The highest BCUT2D eigenvalue weighted by Gasteiger charge is 2.48. The first kappa shape index (κ1) is 28.8. The number of anilines is 1. The van der Waals surface area contributed by atoms with Crippen LogP contribution in [0.3, 0.4) is 0 Å². The molecule has 2 N–H and O–H groups in total. The number of nitrogens with one attached hydrogen (secondary N) is 2. The van der Waals surface area contributed by atoms with E-state index in [9.17, 15) is 23.3 Å². The molecule has 9 nitrogen and oxygen atoms in total. The average Bonchev–Trinajstić information content (AvgIpc) is 3.49. The number of carbonyl (C=O) groups is 2. The van der Waals surface area contributed by atoms with E-state index in [0.29, 0.717) is 16.6 Å². The number of hydrogen-bond acceptors (Lipinski definition) is 8. The number of nitrogens with zero attached hydrogens (tertiary/aromatic N) is 4. The fourth-order valence-corrected chi connectivity index (χ4v) is 7.45. The van der Waals surface area contributed by atoms with Crippen LogP contribution < -0.4 is 10.6 Å². The lowest BCUT2D eigenvalue weighted by Gasteiger charge is -2.29. The van der Waals surface area contributed by atoms with Crippen LogP contribution in [0.25, 0.3) is 4.91 Å². The number of hydrogen-bond donors (Lipinski definition) is 2. The van der Waals surface area contributed by atoms with Crippen LogP contribution in [-0.4, -0.2) is 68.7 Å². The number of pyridine rings is 1. The number of nitroso groups, excluding NO2 is 1. The lowest BCUT2D eigenvalue weighted by molar-refractivity contribution is -0.130. The van der Waals surface area contributed by atoms with Crippen LogP contribution in [0, 0.1) is 10.8 Å². The van der Waals surface area contributed by atoms with E-state index >= 15 is 0 Å². The number of carbonyl (C=O) groups excluding carboxylic acids is 2. The van der Waals surface area contributed by atoms with Gasteiger partial charge < -0.3 is 20.4 Å². The predicted molar refractivity (Wildman–Crippen MR) is 151 cm³/mol. The smallest absolute Gasteiger partial charge is 0.271 e. The van der Waals surface area contributed by atoms with E-state index in [-0.39, 0.29) is 46.9 Å². The summed E-state index contributed by atoms with van der Waals surface area (Å²) in [5.74, 6) is 0.156. The molecule has 1 atom stereocenters. The Morgan fingerprint density at radius 3 is 2.30 bits per heavy atom. The predicted octanol–water partition coefficient (Wildman–Crippen LogP) is 5.11. The van der Waals surface area contributed by atoms with Crippen molar-refractivity contribution < 1.29 is 18.4 Å². The van der Waals surface area contributed by atoms with Crippen LogP contribution in [0.4, 0.5) is 14.6 Å². The van der Waals surface area contributed by atoms with Gasteiger partial charge in [0.1, 0.15) is 17.1 Å². The zero-order chi connectivity index (χ0) is 29.0. The van der Waals surface area contributed by atoms with Crippen molar-refractivity contribution in [2.24, 2.45) is 11.1 Å². The van der Waals surface area contributed by atoms with E-state index in [1.54, 1.807) is 25.8 Å². The minimum absolute atomic E-state index is 0.0100. The molecule has 40 heavy (non-hydrogen) atoms. The molecule has 2 saturated heterocycles. The van der Waals surface area contributed by atoms with Gasteiger partial charge in [-0.3, -0.25) is 9.59 Å². The molecule has 218 valence electrons. The van der Waals surface area contributed by atoms with Gasteiger partial charge in [-0.05, 0) is 78.2 Å². The molecule has 1 aromatic heterocycles. The second-order valence-electron chi connectivity index (χ2n) is 12.6. The summed E-state index contributed by atoms with van der Waals surface area (Å²) in [7, 11) is 1.64. The summed E-state index contributed by atoms with van der Waals surface area (Å²) >= 11 is 1.07. The van der Waals surface area contributed by atoms with Gasteiger partial charge in [0.15, 0.2) is 5.37 Å². The maximum absolute atomic E-state index is 14.6. The van der Waals surface area contributed by atoms with E-state index in [1.165, 1.54) is 12.3 Å². The van der Waals surface area contributed by atoms with Crippen molar-refractivity contribution in [3.05, 3.63) is 34.0 Å². The Bertz CT molecular complexity index is 1210. The maximum Gasteiger partial charge on any atom is 0.271 e. The number of likely N-dealkylation sites (N-methyl/N-ethyl adjacent to an activating group) is 1. The first-order valence-corrected chi connectivity index (χ1v) is 14.9. The van der Waals surface area contributed by atoms with Crippen LogP contribution in [-0.2, 0) is 9.59 Å². The number of amides is 2. The lowest BCUT2D eigenvalue weighted by Crippen LogP contribution is -2.47. The Kier molecular flexibility index (Phi) is 7.60. The monoisotopic (exact) mass is 576 g/mol. The average molecular weight is 577 g/mol. The molecule has 4 heterocycles. The molecule has 3 aliphatic heterocycles. The second kappa shape index (κ2) is 10.6. The minimum Gasteiger partial charge on any atom is -0.365 e. The van der Waals surface area contributed by atoms with Crippen LogP contribution in [0.15, 0.2) is 23.1 Å². The lowest BCUT2D eigenvalue weighted by atomic mass is 9.98. The summed E-state index contributed by atoms with van der Waals surface area (Å²) in [6.07, 6.45) is 4.46. The van der Waals surface area contributed by atoms with Gasteiger partial charge in [-0.1, -0.05) is 16.9 Å². The molecule has 1 aliphatic carbocycles. The Balaban J connectivity index is 1.51. The molecule has 1 unspecified atom stereocenters. The number of alkyl halides is 2. The van der Waals surface area contributed by atoms with E-state index in [1.807, 2.05) is 18.7 Å². The third-order valence-corrected chi connectivity index (χ3v) is 10.1. The molecular weight excluding hydrogens is 538 g/mol. The Hall–Kier alpha value is -2.76. The number of aromatic nitrogens is 1. The Morgan fingerprint density at radius 2 is 1.75 bits per heavy atom. The first-order valence-electron chi connectivity index (χ1n) is 14.0. The van der Waals surface area contributed by atoms with Crippen molar-refractivity contribution in [2.45, 2.75) is 101 Å². The number of thioether (sulfide) groups is 1. The van der Waals surface area contributed by atoms with Crippen molar-refractivity contribution in [1.82, 2.24) is 20.1 Å². The summed E-state index contributed by atoms with van der Waals surface area (Å²) < 4.78 is 29.1. The highest BCUT2D eigenvalue weighted by molar-refractivity contribution is 8.09. The Labute approximate surface area is 237 Å². The van der Waals surface area contributed by atoms with Gasteiger partial charge in [0.2, 0.25) is 0 Å². The first-order chi connectivity index (χ1) is 18.8. The molecule has 5 rings (SSSR count). The third kappa shape index (κ3) is 5.43. The highest BCUT2D eigenvalue weighted by atomic mass is 32.2. The molecule has 1 saturated carbocycles. The number of rotatable bonds is 10. The zero-order valence-electron chi connectivity index (χ0n) is 23.7. The SMILES string of the molecule is CN1C(C(=O)N2C3CCC2CC3)=C(c2cnc(NC(C)(C)C3CC3)cc2C(F)F)SC1C(=O)NCC(C)(C)N=O. The van der Waals surface area contributed by atoms with Gasteiger partial charge in [0, 0.05) is 53.4 Å².